The van der Waals surface area contributed by atoms with Gasteiger partial charge in [-0.2, -0.15) is 9.59 Å². The van der Waals surface area contributed by atoms with Crippen LogP contribution in [0, 0.1) is 11.8 Å². The van der Waals surface area contributed by atoms with Gasteiger partial charge in [0, 0.05) is 18.7 Å². The number of rotatable bonds is 6. The highest BCUT2D eigenvalue weighted by Crippen LogP contribution is 2.27. The van der Waals surface area contributed by atoms with E-state index in [2.05, 4.69) is 17.2 Å². The van der Waals surface area contributed by atoms with Crippen LogP contribution in [0.15, 0.2) is 35.4 Å². The molecule has 2 N–H and O–H groups in total. The number of amides is 1. The third kappa shape index (κ3) is 6.32. The fraction of sp³-hybridized carbons (Fsp3) is 0.524. The number of nitrogens with two attached hydrogens (primary N) is 1. The molecule has 32 heavy (non-hydrogen) atoms. The Morgan fingerprint density at radius 2 is 1.75 bits per heavy atom. The number of primary sulfonamides is 1. The van der Waals surface area contributed by atoms with Gasteiger partial charge in [0.15, 0.2) is 0 Å². The average molecular weight is 464 g/mol. The Morgan fingerprint density at radius 3 is 2.22 bits per heavy atom. The van der Waals surface area contributed by atoms with Crippen molar-refractivity contribution in [1.82, 2.24) is 19.9 Å². The molecule has 0 aliphatic carbocycles. The molecule has 10 nitrogen and oxygen atoms in total. The first-order valence-electron chi connectivity index (χ1n) is 10.5. The summed E-state index contributed by atoms with van der Waals surface area (Å²) in [5.41, 5.74) is 1.29. The van der Waals surface area contributed by atoms with Crippen molar-refractivity contribution in [2.24, 2.45) is 17.0 Å². The van der Waals surface area contributed by atoms with Gasteiger partial charge in [0.25, 0.3) is 0 Å². The Labute approximate surface area is 187 Å². The van der Waals surface area contributed by atoms with E-state index < -0.39 is 16.1 Å². The van der Waals surface area contributed by atoms with E-state index in [1.807, 2.05) is 18.7 Å². The monoisotopic (exact) mass is 463 g/mol. The molecule has 0 saturated carbocycles. The summed E-state index contributed by atoms with van der Waals surface area (Å²) in [4.78, 5) is 31.4. The van der Waals surface area contributed by atoms with Crippen molar-refractivity contribution in [1.29, 1.82) is 0 Å². The standard InChI is InChI=1S/C20H29N5O3S.CO2/c1-4-15-9-11-24(12-10-15)20(26)19(14(2)3)25-13-18(22-23-25)16-5-7-17(8-6-16)29(21,27)28;2-1-3/h5-8,13-15,19H,4,9-12H2,1-3H3,(H2,21,27,28);/t19-;/m0./s1. The number of likely N-dealkylation sites (tertiary alicyclic amines) is 1. The van der Waals surface area contributed by atoms with Crippen LogP contribution in [0.4, 0.5) is 0 Å². The van der Waals surface area contributed by atoms with Gasteiger partial charge in [-0.25, -0.2) is 18.2 Å². The molecule has 1 fully saturated rings. The number of aromatic nitrogens is 3. The van der Waals surface area contributed by atoms with Crippen LogP contribution in [0.25, 0.3) is 11.3 Å². The Kier molecular flexibility index (Phi) is 8.82. The minimum atomic E-state index is -3.74. The Bertz CT molecular complexity index is 1030. The molecule has 3 rings (SSSR count). The Balaban J connectivity index is 0.00000114. The van der Waals surface area contributed by atoms with Gasteiger partial charge >= 0.3 is 6.15 Å². The zero-order valence-corrected chi connectivity index (χ0v) is 19.3. The third-order valence-electron chi connectivity index (χ3n) is 5.66. The summed E-state index contributed by atoms with van der Waals surface area (Å²) in [7, 11) is -3.74. The summed E-state index contributed by atoms with van der Waals surface area (Å²) in [6.07, 6.45) is 5.25. The van der Waals surface area contributed by atoms with Crippen LogP contribution in [0.5, 0.6) is 0 Å². The molecule has 2 heterocycles. The van der Waals surface area contributed by atoms with Crippen LogP contribution < -0.4 is 5.14 Å². The number of piperidine rings is 1. The lowest BCUT2D eigenvalue weighted by Gasteiger charge is -2.34. The van der Waals surface area contributed by atoms with Crippen LogP contribution >= 0.6 is 0 Å². The first kappa shape index (κ1) is 25.4. The van der Waals surface area contributed by atoms with Crippen molar-refractivity contribution < 1.29 is 22.8 Å². The molecule has 0 spiro atoms. The molecule has 11 heteroatoms. The molecule has 1 aliphatic rings. The molecular weight excluding hydrogens is 434 g/mol. The zero-order valence-electron chi connectivity index (χ0n) is 18.5. The molecule has 1 saturated heterocycles. The maximum atomic E-state index is 13.2. The molecular formula is C21H29N5O5S. The second-order valence-electron chi connectivity index (χ2n) is 8.10. The number of hydrogen-bond donors (Lipinski definition) is 1. The van der Waals surface area contributed by atoms with Gasteiger partial charge in [0.1, 0.15) is 11.7 Å². The Hall–Kier alpha value is -2.88. The normalized spacial score (nSPS) is 15.6. The van der Waals surface area contributed by atoms with Crippen molar-refractivity contribution in [3.8, 4) is 11.3 Å². The van der Waals surface area contributed by atoms with Gasteiger partial charge in [-0.15, -0.1) is 5.10 Å². The van der Waals surface area contributed by atoms with Crippen LogP contribution in [0.1, 0.15) is 46.1 Å². The molecule has 0 bridgehead atoms. The van der Waals surface area contributed by atoms with Crippen LogP contribution in [-0.2, 0) is 24.4 Å². The molecule has 1 atom stereocenters. The number of benzene rings is 1. The number of hydrogen-bond acceptors (Lipinski definition) is 7. The SMILES string of the molecule is CCC1CCN(C(=O)[C@H](C(C)C)n2cc(-c3ccc(S(N)(=O)=O)cc3)nn2)CC1.O=C=O. The largest absolute Gasteiger partial charge is 0.373 e. The number of sulfonamides is 1. The lowest BCUT2D eigenvalue weighted by atomic mass is 9.93. The van der Waals surface area contributed by atoms with E-state index in [1.165, 1.54) is 12.1 Å². The number of carbonyl (C=O) groups is 1. The van der Waals surface area contributed by atoms with E-state index in [0.29, 0.717) is 17.2 Å². The molecule has 2 aromatic rings. The summed E-state index contributed by atoms with van der Waals surface area (Å²) in [6.45, 7) is 7.78. The van der Waals surface area contributed by atoms with E-state index >= 15 is 0 Å². The smallest absolute Gasteiger partial charge is 0.341 e. The zero-order chi connectivity index (χ0) is 23.9. The molecule has 0 radical (unpaired) electrons. The third-order valence-corrected chi connectivity index (χ3v) is 6.59. The number of carbonyl (C=O) groups excluding carboxylic acids is 3. The van der Waals surface area contributed by atoms with E-state index in [-0.39, 0.29) is 22.9 Å². The van der Waals surface area contributed by atoms with Crippen LogP contribution in [0.3, 0.4) is 0 Å². The van der Waals surface area contributed by atoms with E-state index in [1.54, 1.807) is 23.0 Å². The number of nitrogens with zero attached hydrogens (tertiary/aromatic N) is 4. The fourth-order valence-corrected chi connectivity index (χ4v) is 4.33. The fourth-order valence-electron chi connectivity index (χ4n) is 3.81. The predicted octanol–water partition coefficient (Wildman–Crippen LogP) is 1.85. The lowest BCUT2D eigenvalue weighted by Crippen LogP contribution is -2.44. The highest BCUT2D eigenvalue weighted by molar-refractivity contribution is 7.89. The first-order valence-corrected chi connectivity index (χ1v) is 12.0. The van der Waals surface area contributed by atoms with Gasteiger partial charge in [-0.05, 0) is 36.8 Å². The second-order valence-corrected chi connectivity index (χ2v) is 9.66. The molecule has 1 aromatic carbocycles. The molecule has 174 valence electrons. The van der Waals surface area contributed by atoms with Gasteiger partial charge in [0.2, 0.25) is 15.9 Å². The molecule has 0 unspecified atom stereocenters. The summed E-state index contributed by atoms with van der Waals surface area (Å²) in [5.74, 6) is 0.844. The lowest BCUT2D eigenvalue weighted by molar-refractivity contribution is -0.191. The Morgan fingerprint density at radius 1 is 1.19 bits per heavy atom. The maximum absolute atomic E-state index is 13.2. The topological polar surface area (TPSA) is 145 Å². The van der Waals surface area contributed by atoms with Crippen LogP contribution in [0.2, 0.25) is 0 Å². The molecule has 1 aromatic heterocycles. The van der Waals surface area contributed by atoms with E-state index in [4.69, 9.17) is 14.7 Å². The maximum Gasteiger partial charge on any atom is 0.373 e. The van der Waals surface area contributed by atoms with Crippen molar-refractivity contribution >= 4 is 22.1 Å². The highest BCUT2D eigenvalue weighted by Gasteiger charge is 2.32. The van der Waals surface area contributed by atoms with E-state index in [9.17, 15) is 13.2 Å². The van der Waals surface area contributed by atoms with E-state index in [0.717, 1.165) is 32.4 Å². The van der Waals surface area contributed by atoms with Gasteiger partial charge < -0.3 is 4.90 Å². The summed E-state index contributed by atoms with van der Waals surface area (Å²) in [5, 5.41) is 13.5. The summed E-state index contributed by atoms with van der Waals surface area (Å²) < 4.78 is 24.5. The minimum Gasteiger partial charge on any atom is -0.341 e. The minimum absolute atomic E-state index is 0.0411. The molecule has 1 aliphatic heterocycles. The first-order chi connectivity index (χ1) is 15.1. The van der Waals surface area contributed by atoms with Gasteiger partial charge in [-0.3, -0.25) is 4.79 Å². The van der Waals surface area contributed by atoms with Gasteiger partial charge in [0.05, 0.1) is 11.1 Å². The summed E-state index contributed by atoms with van der Waals surface area (Å²) in [6, 6.07) is 5.73. The molecule has 1 amide bonds. The van der Waals surface area contributed by atoms with Crippen molar-refractivity contribution in [3.63, 3.8) is 0 Å². The summed E-state index contributed by atoms with van der Waals surface area (Å²) >= 11 is 0. The quantitative estimate of drug-likeness (QED) is 0.688. The average Bonchev–Trinajstić information content (AvgIpc) is 3.23. The van der Waals surface area contributed by atoms with Crippen molar-refractivity contribution in [2.45, 2.75) is 51.0 Å². The van der Waals surface area contributed by atoms with Crippen LogP contribution in [-0.4, -0.2) is 53.5 Å². The van der Waals surface area contributed by atoms with Crippen molar-refractivity contribution in [3.05, 3.63) is 30.5 Å². The van der Waals surface area contributed by atoms with Crippen molar-refractivity contribution in [2.75, 3.05) is 13.1 Å². The second kappa shape index (κ2) is 11.1. The van der Waals surface area contributed by atoms with Gasteiger partial charge in [-0.1, -0.05) is 44.5 Å². The predicted molar refractivity (Wildman–Crippen MR) is 115 cm³/mol. The highest BCUT2D eigenvalue weighted by atomic mass is 32.2.